The molecule has 4 rings (SSSR count). The van der Waals surface area contributed by atoms with Gasteiger partial charge in [0, 0.05) is 41.4 Å². The maximum Gasteiger partial charge on any atom is 0.295 e. The summed E-state index contributed by atoms with van der Waals surface area (Å²) in [7, 11) is 1.55. The van der Waals surface area contributed by atoms with Crippen LogP contribution in [0.3, 0.4) is 0 Å². The first-order valence-electron chi connectivity index (χ1n) is 9.44. The predicted molar refractivity (Wildman–Crippen MR) is 110 cm³/mol. The molecule has 6 heteroatoms. The Morgan fingerprint density at radius 1 is 1.10 bits per heavy atom. The fourth-order valence-electron chi connectivity index (χ4n) is 4.00. The van der Waals surface area contributed by atoms with Crippen LogP contribution < -0.4 is 0 Å². The first kappa shape index (κ1) is 19.0. The zero-order chi connectivity index (χ0) is 20.5. The molecule has 0 spiro atoms. The van der Waals surface area contributed by atoms with Crippen LogP contribution >= 0.6 is 0 Å². The molecule has 1 aliphatic rings. The van der Waals surface area contributed by atoms with Crippen LogP contribution in [0, 0.1) is 6.92 Å². The second kappa shape index (κ2) is 7.56. The summed E-state index contributed by atoms with van der Waals surface area (Å²) in [6, 6.07) is 15.9. The molecule has 1 atom stereocenters. The quantitative estimate of drug-likeness (QED) is 0.397. The Balaban J connectivity index is 1.97. The highest BCUT2D eigenvalue weighted by atomic mass is 16.5. The van der Waals surface area contributed by atoms with Crippen molar-refractivity contribution in [2.75, 3.05) is 20.3 Å². The number of carbonyl (C=O) groups excluding carboxylic acids is 2. The van der Waals surface area contributed by atoms with Crippen LogP contribution in [0.1, 0.15) is 22.9 Å². The minimum Gasteiger partial charge on any atom is -0.507 e. The van der Waals surface area contributed by atoms with E-state index >= 15 is 0 Å². The van der Waals surface area contributed by atoms with Crippen molar-refractivity contribution >= 4 is 28.4 Å². The van der Waals surface area contributed by atoms with Gasteiger partial charge in [-0.25, -0.2) is 0 Å². The van der Waals surface area contributed by atoms with Crippen LogP contribution in [0.4, 0.5) is 0 Å². The van der Waals surface area contributed by atoms with E-state index in [1.165, 1.54) is 4.90 Å². The number of aromatic amines is 1. The molecule has 6 nitrogen and oxygen atoms in total. The van der Waals surface area contributed by atoms with Gasteiger partial charge in [-0.1, -0.05) is 48.5 Å². The second-order valence-corrected chi connectivity index (χ2v) is 7.06. The molecule has 0 aliphatic carbocycles. The Morgan fingerprint density at radius 2 is 1.79 bits per heavy atom. The molecule has 0 saturated carbocycles. The van der Waals surface area contributed by atoms with Crippen molar-refractivity contribution in [2.24, 2.45) is 0 Å². The third-order valence-electron chi connectivity index (χ3n) is 5.34. The fraction of sp³-hybridized carbons (Fsp3) is 0.217. The Bertz CT molecular complexity index is 1110. The van der Waals surface area contributed by atoms with Crippen molar-refractivity contribution in [2.45, 2.75) is 13.0 Å². The number of hydrogen-bond donors (Lipinski definition) is 2. The number of rotatable bonds is 5. The maximum atomic E-state index is 13.0. The molecule has 1 unspecified atom stereocenters. The number of benzene rings is 2. The van der Waals surface area contributed by atoms with Gasteiger partial charge in [0.15, 0.2) is 0 Å². The number of aryl methyl sites for hydroxylation is 1. The van der Waals surface area contributed by atoms with Gasteiger partial charge in [0.2, 0.25) is 0 Å². The van der Waals surface area contributed by atoms with Gasteiger partial charge < -0.3 is 19.7 Å². The molecule has 0 radical (unpaired) electrons. The van der Waals surface area contributed by atoms with Crippen molar-refractivity contribution in [3.63, 3.8) is 0 Å². The summed E-state index contributed by atoms with van der Waals surface area (Å²) in [6.45, 7) is 2.45. The number of Topliss-reactive ketones (excluding diaryl/α,β-unsaturated/α-hetero) is 1. The van der Waals surface area contributed by atoms with E-state index in [0.29, 0.717) is 5.56 Å². The first-order chi connectivity index (χ1) is 14.0. The summed E-state index contributed by atoms with van der Waals surface area (Å²) in [5.74, 6) is -1.48. The van der Waals surface area contributed by atoms with Crippen LogP contribution in [0.5, 0.6) is 0 Å². The molecular weight excluding hydrogens is 368 g/mol. The summed E-state index contributed by atoms with van der Waals surface area (Å²) in [4.78, 5) is 30.7. The van der Waals surface area contributed by atoms with Gasteiger partial charge in [0.05, 0.1) is 18.2 Å². The molecule has 2 N–H and O–H groups in total. The number of amides is 1. The minimum atomic E-state index is -0.693. The normalized spacial score (nSPS) is 18.7. The largest absolute Gasteiger partial charge is 0.507 e. The van der Waals surface area contributed by atoms with E-state index in [9.17, 15) is 14.7 Å². The molecule has 1 fully saturated rings. The highest BCUT2D eigenvalue weighted by Gasteiger charge is 2.47. The van der Waals surface area contributed by atoms with E-state index in [-0.39, 0.29) is 24.5 Å². The van der Waals surface area contributed by atoms with Crippen LogP contribution in [-0.2, 0) is 14.3 Å². The molecule has 148 valence electrons. The van der Waals surface area contributed by atoms with Gasteiger partial charge >= 0.3 is 0 Å². The van der Waals surface area contributed by atoms with Gasteiger partial charge in [-0.3, -0.25) is 9.59 Å². The molecule has 1 aliphatic heterocycles. The van der Waals surface area contributed by atoms with Gasteiger partial charge in [-0.2, -0.15) is 0 Å². The Labute approximate surface area is 168 Å². The van der Waals surface area contributed by atoms with Crippen molar-refractivity contribution in [1.29, 1.82) is 0 Å². The van der Waals surface area contributed by atoms with Crippen LogP contribution in [-0.4, -0.2) is 46.9 Å². The van der Waals surface area contributed by atoms with E-state index in [4.69, 9.17) is 4.74 Å². The van der Waals surface area contributed by atoms with Gasteiger partial charge in [0.1, 0.15) is 5.76 Å². The van der Waals surface area contributed by atoms with E-state index in [0.717, 1.165) is 22.2 Å². The number of hydrogen-bond acceptors (Lipinski definition) is 4. The highest BCUT2D eigenvalue weighted by molar-refractivity contribution is 6.46. The van der Waals surface area contributed by atoms with Crippen molar-refractivity contribution in [1.82, 2.24) is 9.88 Å². The third kappa shape index (κ3) is 3.11. The van der Waals surface area contributed by atoms with E-state index in [1.807, 2.05) is 37.3 Å². The lowest BCUT2D eigenvalue weighted by Crippen LogP contribution is -2.32. The number of methoxy groups -OCH3 is 1. The zero-order valence-electron chi connectivity index (χ0n) is 16.3. The molecule has 3 aromatic rings. The van der Waals surface area contributed by atoms with E-state index < -0.39 is 17.7 Å². The Morgan fingerprint density at radius 3 is 2.52 bits per heavy atom. The molecular formula is C23H22N2O4. The predicted octanol–water partition coefficient (Wildman–Crippen LogP) is 3.54. The number of fused-ring (bicyclic) bond motifs is 1. The molecule has 1 aromatic heterocycles. The molecule has 1 amide bonds. The highest BCUT2D eigenvalue weighted by Crippen LogP contribution is 2.43. The minimum absolute atomic E-state index is 0.102. The lowest BCUT2D eigenvalue weighted by atomic mass is 9.93. The molecule has 1 saturated heterocycles. The average molecular weight is 390 g/mol. The van der Waals surface area contributed by atoms with Crippen molar-refractivity contribution in [3.05, 3.63) is 77.0 Å². The van der Waals surface area contributed by atoms with Crippen molar-refractivity contribution in [3.8, 4) is 0 Å². The molecule has 29 heavy (non-hydrogen) atoms. The SMILES string of the molecule is COCCN1C(=O)C(=O)/C(=C(/O)c2ccccc2)C1c1c(C)[nH]c2ccccc12. The van der Waals surface area contributed by atoms with E-state index in [2.05, 4.69) is 4.98 Å². The van der Waals surface area contributed by atoms with Gasteiger partial charge in [0.25, 0.3) is 11.7 Å². The summed E-state index contributed by atoms with van der Waals surface area (Å²) in [5.41, 5.74) is 3.18. The van der Waals surface area contributed by atoms with Crippen LogP contribution in [0.25, 0.3) is 16.7 Å². The second-order valence-electron chi connectivity index (χ2n) is 7.06. The number of ether oxygens (including phenoxy) is 1. The number of H-pyrrole nitrogens is 1. The lowest BCUT2D eigenvalue weighted by Gasteiger charge is -2.25. The zero-order valence-corrected chi connectivity index (χ0v) is 16.3. The number of ketones is 1. The number of para-hydroxylation sites is 1. The summed E-state index contributed by atoms with van der Waals surface area (Å²) in [5, 5.41) is 11.9. The number of aromatic nitrogens is 1. The lowest BCUT2D eigenvalue weighted by molar-refractivity contribution is -0.140. The summed E-state index contributed by atoms with van der Waals surface area (Å²) >= 11 is 0. The third-order valence-corrected chi connectivity index (χ3v) is 5.34. The molecule has 2 aromatic carbocycles. The number of aliphatic hydroxyl groups excluding tert-OH is 1. The molecule has 0 bridgehead atoms. The summed E-state index contributed by atoms with van der Waals surface area (Å²) in [6.07, 6.45) is 0. The van der Waals surface area contributed by atoms with E-state index in [1.54, 1.807) is 31.4 Å². The standard InChI is InChI=1S/C23H22N2O4/c1-14-18(16-10-6-7-11-17(16)24-14)20-19(21(26)15-8-4-3-5-9-15)22(27)23(28)25(20)12-13-29-2/h3-11,20,24,26H,12-13H2,1-2H3/b21-19+. The Kier molecular flexibility index (Phi) is 4.94. The van der Waals surface area contributed by atoms with Gasteiger partial charge in [-0.15, -0.1) is 0 Å². The fourth-order valence-corrected chi connectivity index (χ4v) is 4.00. The van der Waals surface area contributed by atoms with Crippen molar-refractivity contribution < 1.29 is 19.4 Å². The monoisotopic (exact) mass is 390 g/mol. The first-order valence-corrected chi connectivity index (χ1v) is 9.44. The smallest absolute Gasteiger partial charge is 0.295 e. The maximum absolute atomic E-state index is 13.0. The van der Waals surface area contributed by atoms with Gasteiger partial charge in [-0.05, 0) is 13.0 Å². The number of carbonyl (C=O) groups is 2. The number of aliphatic hydroxyl groups is 1. The topological polar surface area (TPSA) is 82.6 Å². The number of nitrogens with zero attached hydrogens (tertiary/aromatic N) is 1. The van der Waals surface area contributed by atoms with Crippen LogP contribution in [0.15, 0.2) is 60.2 Å². The Hall–Kier alpha value is -3.38. The number of nitrogens with one attached hydrogen (secondary N) is 1. The molecule has 2 heterocycles. The average Bonchev–Trinajstić information content (AvgIpc) is 3.19. The van der Waals surface area contributed by atoms with Crippen LogP contribution in [0.2, 0.25) is 0 Å². The summed E-state index contributed by atoms with van der Waals surface area (Å²) < 4.78 is 5.16. The number of likely N-dealkylation sites (tertiary alicyclic amines) is 1.